The summed E-state index contributed by atoms with van der Waals surface area (Å²) in [4.78, 5) is 6.51. The summed E-state index contributed by atoms with van der Waals surface area (Å²) in [5, 5.41) is 10.2. The molecule has 0 fully saturated rings. The third-order valence-corrected chi connectivity index (χ3v) is 3.75. The molecule has 84 valence electrons. The van der Waals surface area contributed by atoms with Crippen molar-refractivity contribution in [3.05, 3.63) is 52.0 Å². The molecule has 2 atom stereocenters. The standard InChI is InChI=1S/C13H15NOS/c1-9-6-7-12(16-9)13(15)10(2)11-5-3-4-8-14-11/h3-8,10,13,15H,1-2H3. The van der Waals surface area contributed by atoms with Crippen molar-refractivity contribution in [3.63, 3.8) is 0 Å². The van der Waals surface area contributed by atoms with Crippen molar-refractivity contribution < 1.29 is 5.11 Å². The van der Waals surface area contributed by atoms with E-state index in [2.05, 4.69) is 4.98 Å². The van der Waals surface area contributed by atoms with Crippen LogP contribution >= 0.6 is 11.3 Å². The maximum atomic E-state index is 10.2. The van der Waals surface area contributed by atoms with Crippen LogP contribution in [0.1, 0.15) is 34.4 Å². The summed E-state index contributed by atoms with van der Waals surface area (Å²) in [5.41, 5.74) is 0.932. The molecule has 3 heteroatoms. The predicted molar refractivity (Wildman–Crippen MR) is 66.7 cm³/mol. The van der Waals surface area contributed by atoms with E-state index in [0.717, 1.165) is 10.6 Å². The van der Waals surface area contributed by atoms with Gasteiger partial charge in [0.2, 0.25) is 0 Å². The minimum Gasteiger partial charge on any atom is -0.387 e. The number of nitrogens with zero attached hydrogens (tertiary/aromatic N) is 1. The van der Waals surface area contributed by atoms with Crippen LogP contribution in [0.4, 0.5) is 0 Å². The molecule has 2 aromatic heterocycles. The summed E-state index contributed by atoms with van der Waals surface area (Å²) in [6.45, 7) is 4.05. The molecule has 0 aliphatic rings. The summed E-state index contributed by atoms with van der Waals surface area (Å²) in [6, 6.07) is 9.82. The monoisotopic (exact) mass is 233 g/mol. The highest BCUT2D eigenvalue weighted by Gasteiger charge is 2.20. The van der Waals surface area contributed by atoms with Crippen LogP contribution in [0.25, 0.3) is 0 Å². The Balaban J connectivity index is 2.19. The summed E-state index contributed by atoms with van der Waals surface area (Å²) in [5.74, 6) is 0.0271. The number of rotatable bonds is 3. The van der Waals surface area contributed by atoms with Gasteiger partial charge in [-0.3, -0.25) is 4.98 Å². The van der Waals surface area contributed by atoms with Gasteiger partial charge in [-0.25, -0.2) is 0 Å². The second kappa shape index (κ2) is 4.76. The zero-order chi connectivity index (χ0) is 11.5. The topological polar surface area (TPSA) is 33.1 Å². The van der Waals surface area contributed by atoms with E-state index >= 15 is 0 Å². The Kier molecular flexibility index (Phi) is 3.36. The Morgan fingerprint density at radius 3 is 2.62 bits per heavy atom. The van der Waals surface area contributed by atoms with Gasteiger partial charge in [-0.2, -0.15) is 0 Å². The molecule has 2 unspecified atom stereocenters. The number of aliphatic hydroxyl groups excluding tert-OH is 1. The van der Waals surface area contributed by atoms with E-state index in [0.29, 0.717) is 0 Å². The second-order valence-electron chi connectivity index (χ2n) is 3.94. The van der Waals surface area contributed by atoms with Crippen molar-refractivity contribution >= 4 is 11.3 Å². The highest BCUT2D eigenvalue weighted by Crippen LogP contribution is 2.33. The van der Waals surface area contributed by atoms with Gasteiger partial charge in [0.15, 0.2) is 0 Å². The molecule has 0 spiro atoms. The lowest BCUT2D eigenvalue weighted by Crippen LogP contribution is -2.07. The summed E-state index contributed by atoms with van der Waals surface area (Å²) in [7, 11) is 0. The molecular weight excluding hydrogens is 218 g/mol. The third-order valence-electron chi connectivity index (χ3n) is 2.68. The summed E-state index contributed by atoms with van der Waals surface area (Å²) in [6.07, 6.45) is 1.30. The largest absolute Gasteiger partial charge is 0.387 e. The maximum absolute atomic E-state index is 10.2. The van der Waals surface area contributed by atoms with Gasteiger partial charge in [-0.15, -0.1) is 11.3 Å². The molecule has 0 saturated heterocycles. The zero-order valence-corrected chi connectivity index (χ0v) is 10.2. The number of aliphatic hydroxyl groups is 1. The predicted octanol–water partition coefficient (Wildman–Crippen LogP) is 3.29. The molecule has 0 aliphatic carbocycles. The molecule has 0 aliphatic heterocycles. The lowest BCUT2D eigenvalue weighted by Gasteiger charge is -2.16. The normalized spacial score (nSPS) is 14.7. The molecule has 2 nitrogen and oxygen atoms in total. The van der Waals surface area contributed by atoms with Crippen LogP contribution in [0.5, 0.6) is 0 Å². The molecule has 0 amide bonds. The second-order valence-corrected chi connectivity index (χ2v) is 5.26. The van der Waals surface area contributed by atoms with E-state index in [1.807, 2.05) is 44.2 Å². The van der Waals surface area contributed by atoms with Gasteiger partial charge >= 0.3 is 0 Å². The van der Waals surface area contributed by atoms with Gasteiger partial charge < -0.3 is 5.11 Å². The van der Waals surface area contributed by atoms with Crippen LogP contribution in [0.15, 0.2) is 36.5 Å². The first kappa shape index (κ1) is 11.3. The number of pyridine rings is 1. The van der Waals surface area contributed by atoms with E-state index in [1.54, 1.807) is 17.5 Å². The molecule has 0 bridgehead atoms. The number of aryl methyl sites for hydroxylation is 1. The van der Waals surface area contributed by atoms with Crippen molar-refractivity contribution in [2.75, 3.05) is 0 Å². The van der Waals surface area contributed by atoms with Crippen LogP contribution in [-0.2, 0) is 0 Å². The minimum absolute atomic E-state index is 0.0271. The van der Waals surface area contributed by atoms with Gasteiger partial charge in [-0.1, -0.05) is 13.0 Å². The van der Waals surface area contributed by atoms with Crippen molar-refractivity contribution in [2.45, 2.75) is 25.9 Å². The average molecular weight is 233 g/mol. The molecule has 1 N–H and O–H groups in total. The van der Waals surface area contributed by atoms with Crippen molar-refractivity contribution in [1.29, 1.82) is 0 Å². The van der Waals surface area contributed by atoms with E-state index in [-0.39, 0.29) is 5.92 Å². The molecule has 0 aromatic carbocycles. The molecule has 2 heterocycles. The highest BCUT2D eigenvalue weighted by molar-refractivity contribution is 7.12. The maximum Gasteiger partial charge on any atom is 0.0962 e. The molecule has 2 aromatic rings. The van der Waals surface area contributed by atoms with E-state index in [4.69, 9.17) is 0 Å². The Labute approximate surface area is 99.6 Å². The van der Waals surface area contributed by atoms with Crippen LogP contribution in [0.2, 0.25) is 0 Å². The first-order valence-electron chi connectivity index (χ1n) is 5.34. The number of hydrogen-bond donors (Lipinski definition) is 1. The van der Waals surface area contributed by atoms with Crippen LogP contribution in [0, 0.1) is 6.92 Å². The molecule has 0 radical (unpaired) electrons. The Morgan fingerprint density at radius 1 is 1.25 bits per heavy atom. The summed E-state index contributed by atoms with van der Waals surface area (Å²) < 4.78 is 0. The third kappa shape index (κ3) is 2.31. The van der Waals surface area contributed by atoms with Crippen molar-refractivity contribution in [3.8, 4) is 0 Å². The first-order chi connectivity index (χ1) is 7.68. The Bertz CT molecular complexity index is 452. The fourth-order valence-electron chi connectivity index (χ4n) is 1.67. The van der Waals surface area contributed by atoms with Gasteiger partial charge in [0.1, 0.15) is 0 Å². The lowest BCUT2D eigenvalue weighted by molar-refractivity contribution is 0.153. The highest BCUT2D eigenvalue weighted by atomic mass is 32.1. The fraction of sp³-hybridized carbons (Fsp3) is 0.308. The summed E-state index contributed by atoms with van der Waals surface area (Å²) >= 11 is 1.64. The van der Waals surface area contributed by atoms with Crippen LogP contribution in [0.3, 0.4) is 0 Å². The fourth-order valence-corrected chi connectivity index (χ4v) is 2.63. The van der Waals surface area contributed by atoms with Gasteiger partial charge in [-0.05, 0) is 31.2 Å². The SMILES string of the molecule is Cc1ccc(C(O)C(C)c2ccccn2)s1. The zero-order valence-electron chi connectivity index (χ0n) is 9.42. The van der Waals surface area contributed by atoms with Crippen LogP contribution < -0.4 is 0 Å². The van der Waals surface area contributed by atoms with Crippen molar-refractivity contribution in [1.82, 2.24) is 4.98 Å². The Hall–Kier alpha value is -1.19. The molecule has 16 heavy (non-hydrogen) atoms. The number of thiophene rings is 1. The minimum atomic E-state index is -0.464. The van der Waals surface area contributed by atoms with E-state index < -0.39 is 6.10 Å². The van der Waals surface area contributed by atoms with E-state index in [9.17, 15) is 5.11 Å². The molecule has 2 rings (SSSR count). The van der Waals surface area contributed by atoms with Gasteiger partial charge in [0, 0.05) is 27.6 Å². The first-order valence-corrected chi connectivity index (χ1v) is 6.15. The lowest BCUT2D eigenvalue weighted by atomic mass is 9.99. The van der Waals surface area contributed by atoms with Gasteiger partial charge in [0.05, 0.1) is 6.10 Å². The molecule has 0 saturated carbocycles. The smallest absolute Gasteiger partial charge is 0.0962 e. The van der Waals surface area contributed by atoms with Crippen molar-refractivity contribution in [2.24, 2.45) is 0 Å². The average Bonchev–Trinajstić information content (AvgIpc) is 2.75. The Morgan fingerprint density at radius 2 is 2.06 bits per heavy atom. The molecular formula is C13H15NOS. The van der Waals surface area contributed by atoms with Gasteiger partial charge in [0.25, 0.3) is 0 Å². The number of hydrogen-bond acceptors (Lipinski definition) is 3. The van der Waals surface area contributed by atoms with Crippen LogP contribution in [-0.4, -0.2) is 10.1 Å². The quantitative estimate of drug-likeness (QED) is 0.882. The number of aromatic nitrogens is 1. The van der Waals surface area contributed by atoms with E-state index in [1.165, 1.54) is 4.88 Å².